The largest absolute Gasteiger partial charge is 0.495 e. The van der Waals surface area contributed by atoms with Gasteiger partial charge in [0.2, 0.25) is 11.5 Å². The summed E-state index contributed by atoms with van der Waals surface area (Å²) >= 11 is 0. The quantitative estimate of drug-likeness (QED) is 0.545. The SMILES string of the molecule is COc1cc(C2=NC(N3CCOCC3)=C3C=NC=C[N+]23C)ccc1NC(=O)c1cc2ccccc2n1C. The van der Waals surface area contributed by atoms with Crippen LogP contribution in [0.5, 0.6) is 5.75 Å². The van der Waals surface area contributed by atoms with E-state index < -0.39 is 0 Å². The number of hydrogen-bond acceptors (Lipinski definition) is 6. The van der Waals surface area contributed by atoms with E-state index in [4.69, 9.17) is 14.5 Å². The fourth-order valence-corrected chi connectivity index (χ4v) is 5.16. The number of fused-ring (bicyclic) bond motifs is 2. The number of benzene rings is 2. The van der Waals surface area contributed by atoms with Crippen molar-refractivity contribution in [3.8, 4) is 5.75 Å². The molecule has 3 aromatic rings. The summed E-state index contributed by atoms with van der Waals surface area (Å²) in [5.74, 6) is 2.15. The van der Waals surface area contributed by atoms with E-state index in [1.807, 2.05) is 72.6 Å². The highest BCUT2D eigenvalue weighted by Crippen LogP contribution is 2.36. The topological polar surface area (TPSA) is 80.5 Å². The summed E-state index contributed by atoms with van der Waals surface area (Å²) in [6, 6.07) is 15.6. The minimum absolute atomic E-state index is 0.198. The van der Waals surface area contributed by atoms with Gasteiger partial charge in [-0.25, -0.2) is 4.48 Å². The van der Waals surface area contributed by atoms with E-state index in [1.54, 1.807) is 13.3 Å². The molecule has 3 aliphatic heterocycles. The number of aryl methyl sites for hydroxylation is 1. The maximum absolute atomic E-state index is 13.2. The standard InChI is InChI=1S/C28H28N6O3/c1-32-22-7-5-4-6-19(22)16-23(32)28(35)30-21-9-8-20(17-25(21)36-3)27-31-26(33-11-14-37-15-12-33)24-18-29-10-13-34(24,27)2/h4-10,13,16-18H,11-12,14-15H2,1-3H3/p+1. The lowest BCUT2D eigenvalue weighted by molar-refractivity contribution is -0.713. The van der Waals surface area contributed by atoms with Crippen LogP contribution < -0.4 is 10.1 Å². The highest BCUT2D eigenvalue weighted by molar-refractivity contribution is 6.07. The fourth-order valence-electron chi connectivity index (χ4n) is 5.16. The second-order valence-corrected chi connectivity index (χ2v) is 9.41. The van der Waals surface area contributed by atoms with E-state index in [1.165, 1.54) is 0 Å². The van der Waals surface area contributed by atoms with Crippen LogP contribution in [0.25, 0.3) is 10.9 Å². The molecule has 1 amide bonds. The van der Waals surface area contributed by atoms with Crippen molar-refractivity contribution in [3.05, 3.63) is 83.7 Å². The van der Waals surface area contributed by atoms with Crippen molar-refractivity contribution in [2.24, 2.45) is 17.0 Å². The van der Waals surface area contributed by atoms with Crippen LogP contribution in [0.15, 0.2) is 82.4 Å². The maximum atomic E-state index is 13.2. The molecule has 0 bridgehead atoms. The molecule has 9 heteroatoms. The monoisotopic (exact) mass is 497 g/mol. The molecular weight excluding hydrogens is 468 g/mol. The molecule has 188 valence electrons. The number of morpholine rings is 1. The molecule has 1 saturated heterocycles. The second kappa shape index (κ2) is 9.02. The first-order chi connectivity index (χ1) is 18.0. The number of para-hydroxylation sites is 1. The van der Waals surface area contributed by atoms with Gasteiger partial charge in [0.05, 0.1) is 51.0 Å². The van der Waals surface area contributed by atoms with Crippen molar-refractivity contribution < 1.29 is 18.8 Å². The first-order valence-electron chi connectivity index (χ1n) is 12.3. The zero-order chi connectivity index (χ0) is 25.6. The number of nitrogens with one attached hydrogen (secondary N) is 1. The maximum Gasteiger partial charge on any atom is 0.272 e. The summed E-state index contributed by atoms with van der Waals surface area (Å²) in [5.41, 5.74) is 4.10. The number of carbonyl (C=O) groups excluding carboxylic acids is 1. The van der Waals surface area contributed by atoms with Crippen molar-refractivity contribution in [3.63, 3.8) is 0 Å². The highest BCUT2D eigenvalue weighted by Gasteiger charge is 2.44. The van der Waals surface area contributed by atoms with Crippen LogP contribution in [0.1, 0.15) is 16.1 Å². The van der Waals surface area contributed by atoms with Gasteiger partial charge in [0, 0.05) is 31.0 Å². The molecule has 9 nitrogen and oxygen atoms in total. The molecule has 1 unspecified atom stereocenters. The van der Waals surface area contributed by atoms with Crippen molar-refractivity contribution in [2.45, 2.75) is 0 Å². The molecule has 1 atom stereocenters. The Balaban J connectivity index is 1.32. The van der Waals surface area contributed by atoms with Crippen LogP contribution in [-0.2, 0) is 11.8 Å². The van der Waals surface area contributed by atoms with Crippen molar-refractivity contribution in [1.82, 2.24) is 9.47 Å². The van der Waals surface area contributed by atoms with Gasteiger partial charge in [0.25, 0.3) is 5.91 Å². The number of amides is 1. The van der Waals surface area contributed by atoms with Crippen LogP contribution in [-0.4, -0.2) is 72.4 Å². The Hall–Kier alpha value is -4.21. The lowest BCUT2D eigenvalue weighted by Gasteiger charge is -2.30. The van der Waals surface area contributed by atoms with E-state index in [0.717, 1.165) is 46.9 Å². The number of ether oxygens (including phenoxy) is 2. The predicted octanol–water partition coefficient (Wildman–Crippen LogP) is 3.70. The summed E-state index contributed by atoms with van der Waals surface area (Å²) < 4.78 is 13.6. The number of nitrogens with zero attached hydrogens (tertiary/aromatic N) is 5. The van der Waals surface area contributed by atoms with Crippen LogP contribution in [0.4, 0.5) is 5.69 Å². The molecule has 6 rings (SSSR count). The van der Waals surface area contributed by atoms with Gasteiger partial charge in [-0.3, -0.25) is 9.79 Å². The predicted molar refractivity (Wildman–Crippen MR) is 144 cm³/mol. The number of allylic oxidation sites excluding steroid dienone is 1. The number of rotatable bonds is 5. The summed E-state index contributed by atoms with van der Waals surface area (Å²) in [4.78, 5) is 24.9. The molecule has 0 aliphatic carbocycles. The third kappa shape index (κ3) is 3.83. The summed E-state index contributed by atoms with van der Waals surface area (Å²) in [6.45, 7) is 2.93. The summed E-state index contributed by atoms with van der Waals surface area (Å²) in [7, 11) is 5.60. The third-order valence-corrected chi connectivity index (χ3v) is 7.23. The summed E-state index contributed by atoms with van der Waals surface area (Å²) in [6.07, 6.45) is 5.72. The van der Waals surface area contributed by atoms with Crippen LogP contribution >= 0.6 is 0 Å². The number of aliphatic imine (C=N–C) groups is 2. The van der Waals surface area contributed by atoms with Gasteiger partial charge in [-0.05, 0) is 30.3 Å². The van der Waals surface area contributed by atoms with Gasteiger partial charge in [-0.2, -0.15) is 4.99 Å². The van der Waals surface area contributed by atoms with Gasteiger partial charge < -0.3 is 24.3 Å². The fraction of sp³-hybridized carbons (Fsp3) is 0.250. The lowest BCUT2D eigenvalue weighted by Crippen LogP contribution is -2.43. The minimum Gasteiger partial charge on any atom is -0.495 e. The average molecular weight is 498 g/mol. The first kappa shape index (κ1) is 23.2. The molecule has 37 heavy (non-hydrogen) atoms. The smallest absolute Gasteiger partial charge is 0.272 e. The van der Waals surface area contributed by atoms with Crippen molar-refractivity contribution in [2.75, 3.05) is 45.8 Å². The molecule has 1 aromatic heterocycles. The molecule has 0 saturated carbocycles. The molecule has 4 heterocycles. The Bertz CT molecular complexity index is 1530. The van der Waals surface area contributed by atoms with Gasteiger partial charge in [-0.1, -0.05) is 18.2 Å². The van der Waals surface area contributed by atoms with Gasteiger partial charge in [0.1, 0.15) is 17.6 Å². The second-order valence-electron chi connectivity index (χ2n) is 9.41. The highest BCUT2D eigenvalue weighted by atomic mass is 16.5. The Labute approximate surface area is 215 Å². The van der Waals surface area contributed by atoms with E-state index in [0.29, 0.717) is 34.8 Å². The van der Waals surface area contributed by atoms with Crippen LogP contribution in [0, 0.1) is 0 Å². The number of carbonyl (C=O) groups is 1. The zero-order valence-electron chi connectivity index (χ0n) is 21.1. The number of methoxy groups -OCH3 is 1. The van der Waals surface area contributed by atoms with E-state index in [2.05, 4.69) is 22.3 Å². The van der Waals surface area contributed by atoms with Crippen molar-refractivity contribution in [1.29, 1.82) is 0 Å². The average Bonchev–Trinajstić information content (AvgIpc) is 3.44. The molecule has 3 aliphatic rings. The first-order valence-corrected chi connectivity index (χ1v) is 12.3. The lowest BCUT2D eigenvalue weighted by atomic mass is 10.1. The van der Waals surface area contributed by atoms with E-state index in [-0.39, 0.29) is 5.91 Å². The molecule has 0 radical (unpaired) electrons. The summed E-state index contributed by atoms with van der Waals surface area (Å²) in [5, 5.41) is 4.05. The normalized spacial score (nSPS) is 20.8. The van der Waals surface area contributed by atoms with Crippen LogP contribution in [0.2, 0.25) is 0 Å². The minimum atomic E-state index is -0.198. The molecule has 1 fully saturated rings. The number of quaternary nitrogens is 1. The Morgan fingerprint density at radius 3 is 2.73 bits per heavy atom. The molecule has 2 aromatic carbocycles. The van der Waals surface area contributed by atoms with Gasteiger partial charge in [-0.15, -0.1) is 0 Å². The zero-order valence-corrected chi connectivity index (χ0v) is 21.1. The third-order valence-electron chi connectivity index (χ3n) is 7.23. The molecule has 1 N–H and O–H groups in total. The number of aromatic nitrogens is 1. The Kier molecular flexibility index (Phi) is 5.66. The van der Waals surface area contributed by atoms with Gasteiger partial charge in [0.15, 0.2) is 5.82 Å². The molecular formula is C28H29N6O3+. The van der Waals surface area contributed by atoms with Crippen molar-refractivity contribution >= 4 is 34.5 Å². The number of anilines is 1. The molecule has 0 spiro atoms. The Morgan fingerprint density at radius 1 is 1.14 bits per heavy atom. The number of amidine groups is 1. The van der Waals surface area contributed by atoms with E-state index >= 15 is 0 Å². The van der Waals surface area contributed by atoms with E-state index in [9.17, 15) is 4.79 Å². The van der Waals surface area contributed by atoms with Crippen LogP contribution in [0.3, 0.4) is 0 Å². The van der Waals surface area contributed by atoms with Gasteiger partial charge >= 0.3 is 0 Å². The Morgan fingerprint density at radius 2 is 1.95 bits per heavy atom. The number of hydrogen-bond donors (Lipinski definition) is 1.